The maximum atomic E-state index is 14.2. The SMILES string of the molecule is CCC(CC(=O)OCc1ccccc1)NC(=O)OC1(C)CCCCC1.CCC1(OC(=O)CC(CC2CN(C(=O)OC(C)(C)C)c3ccccc32)C(=O)OC2(C3CCCC3)CCCC2)CCCC1.CCC1(OC(=O)CCCCC(=O)OC(C)(C)C)CCCO1.COC1(OC(=O)C2COC(=O)C2)CCCO1.COC1(OC(=O)C2COC(C)(C)OC(=O)N2)CCCO1. The Bertz CT molecular complexity index is 3770. The quantitative estimate of drug-likeness (QED) is 0.0330. The Kier molecular flexibility index (Phi) is 38.4. The highest BCUT2D eigenvalue weighted by atomic mass is 16.9. The summed E-state index contributed by atoms with van der Waals surface area (Å²) in [5.74, 6) is -8.25. The smallest absolute Gasteiger partial charge is 0.414 e. The lowest BCUT2D eigenvalue weighted by molar-refractivity contribution is -0.335. The molecule has 2 aromatic carbocycles. The lowest BCUT2D eigenvalue weighted by Crippen LogP contribution is -2.47. The number of para-hydroxylation sites is 1. The number of carbonyl (C=O) groups is 11. The fourth-order valence-corrected chi connectivity index (χ4v) is 17.3. The number of hydrogen-bond donors (Lipinski definition) is 2. The first-order valence-corrected chi connectivity index (χ1v) is 45.2. The van der Waals surface area contributed by atoms with Crippen LogP contribution >= 0.6 is 0 Å². The maximum absolute atomic E-state index is 14.2. The van der Waals surface area contributed by atoms with Crippen molar-refractivity contribution in [3.05, 3.63) is 65.7 Å². The molecule has 4 saturated carbocycles. The van der Waals surface area contributed by atoms with Gasteiger partial charge in [0.15, 0.2) is 6.04 Å². The Morgan fingerprint density at radius 2 is 1.16 bits per heavy atom. The second kappa shape index (κ2) is 47.0. The van der Waals surface area contributed by atoms with Crippen molar-refractivity contribution in [2.45, 2.75) is 378 Å². The number of nitrogens with zero attached hydrogens (tertiary/aromatic N) is 1. The summed E-state index contributed by atoms with van der Waals surface area (Å²) in [5, 5.41) is 5.18. The third-order valence-corrected chi connectivity index (χ3v) is 24.1. The number of benzene rings is 2. The number of rotatable bonds is 29. The molecule has 0 aromatic heterocycles. The molecule has 5 saturated heterocycles. The van der Waals surface area contributed by atoms with Gasteiger partial charge in [-0.2, -0.15) is 0 Å². The van der Waals surface area contributed by atoms with E-state index in [0.29, 0.717) is 90.1 Å². The Morgan fingerprint density at radius 1 is 0.573 bits per heavy atom. The van der Waals surface area contributed by atoms with Gasteiger partial charge < -0.3 is 91.2 Å². The van der Waals surface area contributed by atoms with E-state index < -0.39 is 94.0 Å². The molecule has 8 atom stereocenters. The van der Waals surface area contributed by atoms with Gasteiger partial charge in [-0.1, -0.05) is 88.6 Å². The summed E-state index contributed by atoms with van der Waals surface area (Å²) in [7, 11) is 2.82. The molecule has 0 radical (unpaired) electrons. The number of hydrogen-bond acceptors (Lipinski definition) is 28. The number of esters is 8. The highest BCUT2D eigenvalue weighted by Gasteiger charge is 2.50. The van der Waals surface area contributed by atoms with Crippen molar-refractivity contribution in [1.29, 1.82) is 0 Å². The van der Waals surface area contributed by atoms with Crippen molar-refractivity contribution in [3.8, 4) is 0 Å². The first kappa shape index (κ1) is 101. The van der Waals surface area contributed by atoms with Gasteiger partial charge in [-0.25, -0.2) is 19.2 Å². The van der Waals surface area contributed by atoms with E-state index in [4.69, 9.17) is 80.5 Å². The molecular formula is C93H141N3O28. The molecule has 6 aliphatic heterocycles. The summed E-state index contributed by atoms with van der Waals surface area (Å²) in [4.78, 5) is 136. The second-order valence-corrected chi connectivity index (χ2v) is 36.8. The summed E-state index contributed by atoms with van der Waals surface area (Å²) in [6.07, 6.45) is 24.9. The number of amides is 3. The number of ether oxygens (including phenoxy) is 17. The van der Waals surface area contributed by atoms with E-state index in [-0.39, 0.29) is 92.5 Å². The van der Waals surface area contributed by atoms with Crippen molar-refractivity contribution in [1.82, 2.24) is 10.6 Å². The zero-order valence-electron chi connectivity index (χ0n) is 76.0. The molecule has 0 spiro atoms. The van der Waals surface area contributed by atoms with E-state index >= 15 is 0 Å². The predicted molar refractivity (Wildman–Crippen MR) is 452 cm³/mol. The number of alkyl carbamates (subject to hydrolysis) is 2. The van der Waals surface area contributed by atoms with Crippen molar-refractivity contribution >= 4 is 71.7 Å². The fraction of sp³-hybridized carbons (Fsp3) is 0.753. The molecule has 2 N–H and O–H groups in total. The van der Waals surface area contributed by atoms with E-state index in [1.807, 2.05) is 117 Å². The Hall–Kier alpha value is -8.23. The molecule has 31 nitrogen and oxygen atoms in total. The minimum absolute atomic E-state index is 0.00638. The van der Waals surface area contributed by atoms with E-state index in [9.17, 15) is 52.7 Å². The van der Waals surface area contributed by atoms with Crippen LogP contribution < -0.4 is 15.5 Å². The molecule has 9 fully saturated rings. The summed E-state index contributed by atoms with van der Waals surface area (Å²) in [6.45, 7) is 24.5. The number of fused-ring (bicyclic) bond motifs is 1. The van der Waals surface area contributed by atoms with Gasteiger partial charge in [-0.15, -0.1) is 0 Å². The van der Waals surface area contributed by atoms with Crippen LogP contribution in [0, 0.1) is 17.8 Å². The molecule has 4 aliphatic carbocycles. The van der Waals surface area contributed by atoms with Gasteiger partial charge in [0.25, 0.3) is 0 Å². The van der Waals surface area contributed by atoms with Gasteiger partial charge >= 0.3 is 78.0 Å². The van der Waals surface area contributed by atoms with Crippen LogP contribution in [0.15, 0.2) is 54.6 Å². The van der Waals surface area contributed by atoms with Gasteiger partial charge in [0.2, 0.25) is 11.6 Å². The molecule has 6 heterocycles. The van der Waals surface area contributed by atoms with E-state index in [1.165, 1.54) is 33.5 Å². The van der Waals surface area contributed by atoms with Crippen LogP contribution in [-0.4, -0.2) is 183 Å². The number of anilines is 1. The van der Waals surface area contributed by atoms with Gasteiger partial charge in [0, 0.05) is 85.1 Å². The first-order chi connectivity index (χ1) is 58.8. The molecule has 31 heteroatoms. The summed E-state index contributed by atoms with van der Waals surface area (Å²) in [5.41, 5.74) is 0.490. The number of unbranched alkanes of at least 4 members (excludes halogenated alkanes) is 1. The predicted octanol–water partition coefficient (Wildman–Crippen LogP) is 16.6. The van der Waals surface area contributed by atoms with Crippen LogP contribution in [-0.2, 0) is 125 Å². The third-order valence-electron chi connectivity index (χ3n) is 24.1. The minimum Gasteiger partial charge on any atom is -0.465 e. The molecule has 0 bridgehead atoms. The maximum Gasteiger partial charge on any atom is 0.414 e. The topological polar surface area (TPSA) is 372 Å². The molecule has 696 valence electrons. The normalized spacial score (nSPS) is 25.0. The van der Waals surface area contributed by atoms with Crippen LogP contribution in [0.2, 0.25) is 0 Å². The standard InChI is InChI=1S/C35H51NO6.C20H29NO4.C16H28O5.C12H19NO7.C10H14O6/c1-5-34(18-10-11-19-34)40-30(37)23-25(31(38)41-35(20-12-13-21-35)27-14-6-7-15-27)22-26-24-36(32(39)42-33(2,3)4)29-17-9-8-16-28(26)29;1-3-17(14-18(22)24-15-16-10-6-4-7-11-16)21-19(23)25-20(2)12-8-5-9-13-20;1-5-16(11-8-12-19-16)21-14(18)10-7-6-9-13(17)20-15(2,3)4;1-11(2)18-7-8(13-10(15)20-11)9(14)19-12(16-3)5-4-6-17-12;1-13-10(3-2-4-15-10)16-9(12)7-5-8(11)14-6-7/h8-9,16-17,25-27H,5-7,10-15,18-24H2,1-4H3;4,6-7,10-11,17H,3,5,8-9,12-15H2,1-2H3,(H,21,23);5-12H2,1-4H3;8H,4-7H2,1-3H3,(H,13,15);7H,2-6H2,1H3. The van der Waals surface area contributed by atoms with E-state index in [1.54, 1.807) is 18.7 Å². The fourth-order valence-electron chi connectivity index (χ4n) is 17.3. The second-order valence-electron chi connectivity index (χ2n) is 36.8. The molecule has 3 amide bonds. The van der Waals surface area contributed by atoms with Crippen molar-refractivity contribution in [2.24, 2.45) is 17.8 Å². The Balaban J connectivity index is 0.000000202. The average Bonchev–Trinajstić information content (AvgIpc) is 1.62. The molecule has 12 rings (SSSR count). The third kappa shape index (κ3) is 32.0. The summed E-state index contributed by atoms with van der Waals surface area (Å²) < 4.78 is 91.6. The zero-order valence-corrected chi connectivity index (χ0v) is 76.0. The van der Waals surface area contributed by atoms with Gasteiger partial charge in [0.05, 0.1) is 57.3 Å². The van der Waals surface area contributed by atoms with Gasteiger partial charge in [0.1, 0.15) is 47.1 Å². The monoisotopic (exact) mass is 1750 g/mol. The lowest BCUT2D eigenvalue weighted by Gasteiger charge is -2.37. The van der Waals surface area contributed by atoms with E-state index in [0.717, 1.165) is 139 Å². The molecular weight excluding hydrogens is 1610 g/mol. The molecule has 124 heavy (non-hydrogen) atoms. The van der Waals surface area contributed by atoms with Crippen molar-refractivity contribution in [3.63, 3.8) is 0 Å². The minimum atomic E-state index is -1.37. The average molecular weight is 1750 g/mol. The highest BCUT2D eigenvalue weighted by molar-refractivity contribution is 5.91. The molecule has 8 unspecified atom stereocenters. The number of carbonyl (C=O) groups excluding carboxylic acids is 11. The largest absolute Gasteiger partial charge is 0.465 e. The molecule has 10 aliphatic rings. The lowest BCUT2D eigenvalue weighted by atomic mass is 9.83. The number of methoxy groups -OCH3 is 2. The van der Waals surface area contributed by atoms with Crippen LogP contribution in [0.1, 0.15) is 318 Å². The van der Waals surface area contributed by atoms with Gasteiger partial charge in [-0.05, 0) is 213 Å². The highest BCUT2D eigenvalue weighted by Crippen LogP contribution is 2.49. The van der Waals surface area contributed by atoms with Crippen molar-refractivity contribution in [2.75, 3.05) is 58.7 Å². The van der Waals surface area contributed by atoms with Crippen LogP contribution in [0.4, 0.5) is 20.1 Å². The Morgan fingerprint density at radius 3 is 1.73 bits per heavy atom. The molecule has 2 aromatic rings. The Labute approximate surface area is 732 Å². The van der Waals surface area contributed by atoms with Crippen LogP contribution in [0.5, 0.6) is 0 Å². The number of cyclic esters (lactones) is 2. The van der Waals surface area contributed by atoms with Gasteiger partial charge in [-0.3, -0.25) is 38.5 Å². The van der Waals surface area contributed by atoms with Crippen LogP contribution in [0.25, 0.3) is 0 Å². The van der Waals surface area contributed by atoms with Crippen LogP contribution in [0.3, 0.4) is 0 Å². The summed E-state index contributed by atoms with van der Waals surface area (Å²) in [6, 6.07) is 16.1. The first-order valence-electron chi connectivity index (χ1n) is 45.2. The zero-order chi connectivity index (χ0) is 90.4. The van der Waals surface area contributed by atoms with Crippen molar-refractivity contribution < 1.29 is 133 Å². The number of nitrogens with one attached hydrogen (secondary N) is 2. The van der Waals surface area contributed by atoms with E-state index in [2.05, 4.69) is 17.6 Å². The summed E-state index contributed by atoms with van der Waals surface area (Å²) >= 11 is 0.